The minimum Gasteiger partial charge on any atom is -0.466 e. The summed E-state index contributed by atoms with van der Waals surface area (Å²) in [5.41, 5.74) is 1.95. The van der Waals surface area contributed by atoms with Gasteiger partial charge in [0.05, 0.1) is 24.2 Å². The molecule has 2 heterocycles. The van der Waals surface area contributed by atoms with Crippen molar-refractivity contribution in [3.05, 3.63) is 58.6 Å². The van der Waals surface area contributed by atoms with Crippen LogP contribution in [0.3, 0.4) is 0 Å². The van der Waals surface area contributed by atoms with Crippen molar-refractivity contribution in [3.63, 3.8) is 0 Å². The summed E-state index contributed by atoms with van der Waals surface area (Å²) >= 11 is 8.10. The van der Waals surface area contributed by atoms with Gasteiger partial charge in [-0.2, -0.15) is 4.89 Å². The second kappa shape index (κ2) is 11.1. The number of carbonyl (C=O) groups is 2. The highest BCUT2D eigenvalue weighted by Gasteiger charge is 2.28. The maximum atomic E-state index is 12.6. The van der Waals surface area contributed by atoms with Gasteiger partial charge >= 0.3 is 5.97 Å². The van der Waals surface area contributed by atoms with E-state index in [1.54, 1.807) is 29.7 Å². The van der Waals surface area contributed by atoms with Gasteiger partial charge < -0.3 is 14.5 Å². The highest BCUT2D eigenvalue weighted by Crippen LogP contribution is 2.36. The van der Waals surface area contributed by atoms with Crippen LogP contribution in [0.15, 0.2) is 52.3 Å². The van der Waals surface area contributed by atoms with Crippen molar-refractivity contribution in [1.29, 1.82) is 0 Å². The predicted octanol–water partition coefficient (Wildman–Crippen LogP) is 5.17. The molecule has 1 unspecified atom stereocenters. The molecule has 0 saturated carbocycles. The van der Waals surface area contributed by atoms with E-state index in [9.17, 15) is 9.59 Å². The Morgan fingerprint density at radius 3 is 2.97 bits per heavy atom. The topological polar surface area (TPSA) is 65.1 Å². The predicted molar refractivity (Wildman–Crippen MR) is 127 cm³/mol. The fourth-order valence-corrected chi connectivity index (χ4v) is 5.07. The number of halogens is 1. The lowest BCUT2D eigenvalue weighted by molar-refractivity contribution is -0.215. The second-order valence-corrected chi connectivity index (χ2v) is 9.45. The van der Waals surface area contributed by atoms with Crippen LogP contribution in [0.1, 0.15) is 30.9 Å². The van der Waals surface area contributed by atoms with Gasteiger partial charge in [0.2, 0.25) is 5.91 Å². The second-order valence-electron chi connectivity index (χ2n) is 7.93. The van der Waals surface area contributed by atoms with Crippen LogP contribution in [0.5, 0.6) is 5.75 Å². The summed E-state index contributed by atoms with van der Waals surface area (Å²) in [4.78, 5) is 38.6. The number of ether oxygens (including phenoxy) is 1. The molecule has 0 bridgehead atoms. The van der Waals surface area contributed by atoms with E-state index in [-0.39, 0.29) is 17.8 Å². The van der Waals surface area contributed by atoms with E-state index in [0.29, 0.717) is 31.3 Å². The Kier molecular flexibility index (Phi) is 7.96. The fraction of sp³-hybridized carbons (Fsp3) is 0.360. The molecule has 0 aliphatic carbocycles. The molecule has 4 rings (SSSR count). The summed E-state index contributed by atoms with van der Waals surface area (Å²) in [6.45, 7) is 3.73. The zero-order chi connectivity index (χ0) is 23.2. The number of fused-ring (bicyclic) bond motifs is 1. The van der Waals surface area contributed by atoms with Gasteiger partial charge in [-0.3, -0.25) is 9.59 Å². The molecule has 33 heavy (non-hydrogen) atoms. The van der Waals surface area contributed by atoms with Crippen LogP contribution in [-0.2, 0) is 25.6 Å². The molecule has 1 atom stereocenters. The van der Waals surface area contributed by atoms with E-state index in [1.807, 2.05) is 30.3 Å². The molecule has 1 fully saturated rings. The van der Waals surface area contributed by atoms with Gasteiger partial charge in [-0.25, -0.2) is 0 Å². The first-order chi connectivity index (χ1) is 16.0. The minimum atomic E-state index is -0.246. The van der Waals surface area contributed by atoms with Crippen LogP contribution in [0.4, 0.5) is 0 Å². The minimum absolute atomic E-state index is 0.112. The van der Waals surface area contributed by atoms with Crippen LogP contribution in [-0.4, -0.2) is 43.1 Å². The molecule has 2 aromatic rings. The molecule has 0 radical (unpaired) electrons. The van der Waals surface area contributed by atoms with E-state index in [4.69, 9.17) is 26.1 Å². The average Bonchev–Trinajstić information content (AvgIpc) is 2.84. The Morgan fingerprint density at radius 2 is 2.15 bits per heavy atom. The van der Waals surface area contributed by atoms with E-state index < -0.39 is 0 Å². The third kappa shape index (κ3) is 6.10. The number of carbonyl (C=O) groups excluding carboxylic acids is 2. The standard InChI is InChI=1S/C25H26ClNO5S/c1-2-30-25(29)19-4-3-12-27(16-19)24(28)10-6-17-5-9-23(21(26)14-17)33-20-7-8-22-18(15-20)11-13-31-32-22/h5-10,14-15,19H,2-4,11-13,16H2,1H3. The fourth-order valence-electron chi connectivity index (χ4n) is 3.89. The smallest absolute Gasteiger partial charge is 0.310 e. The summed E-state index contributed by atoms with van der Waals surface area (Å²) in [6.07, 6.45) is 5.66. The van der Waals surface area contributed by atoms with E-state index in [1.165, 1.54) is 6.08 Å². The molecule has 6 nitrogen and oxygen atoms in total. The van der Waals surface area contributed by atoms with Gasteiger partial charge in [0.15, 0.2) is 5.75 Å². The summed E-state index contributed by atoms with van der Waals surface area (Å²) in [5, 5.41) is 0.618. The van der Waals surface area contributed by atoms with E-state index in [0.717, 1.165) is 45.9 Å². The molecule has 2 aliphatic rings. The summed E-state index contributed by atoms with van der Waals surface area (Å²) < 4.78 is 5.11. The molecular formula is C25H26ClNO5S. The van der Waals surface area contributed by atoms with E-state index in [2.05, 4.69) is 6.07 Å². The number of esters is 1. The third-order valence-corrected chi connectivity index (χ3v) is 7.08. The first-order valence-electron chi connectivity index (χ1n) is 11.1. The van der Waals surface area contributed by atoms with Crippen molar-refractivity contribution in [2.75, 3.05) is 26.3 Å². The van der Waals surface area contributed by atoms with Gasteiger partial charge in [-0.15, -0.1) is 0 Å². The van der Waals surface area contributed by atoms with E-state index >= 15 is 0 Å². The molecule has 0 N–H and O–H groups in total. The molecule has 1 amide bonds. The van der Waals surface area contributed by atoms with Gasteiger partial charge in [0.25, 0.3) is 0 Å². The van der Waals surface area contributed by atoms with Gasteiger partial charge in [-0.05, 0) is 61.7 Å². The summed E-state index contributed by atoms with van der Waals surface area (Å²) in [5.74, 6) is 0.172. The van der Waals surface area contributed by atoms with Crippen molar-refractivity contribution in [1.82, 2.24) is 4.90 Å². The Labute approximate surface area is 202 Å². The number of hydrogen-bond acceptors (Lipinski definition) is 6. The molecule has 174 valence electrons. The van der Waals surface area contributed by atoms with Crippen molar-refractivity contribution >= 4 is 41.3 Å². The van der Waals surface area contributed by atoms with Crippen molar-refractivity contribution in [2.45, 2.75) is 36.0 Å². The maximum Gasteiger partial charge on any atom is 0.310 e. The number of likely N-dealkylation sites (tertiary alicyclic amines) is 1. The zero-order valence-corrected chi connectivity index (χ0v) is 20.0. The van der Waals surface area contributed by atoms with Gasteiger partial charge in [0.1, 0.15) is 0 Å². The van der Waals surface area contributed by atoms with Crippen LogP contribution < -0.4 is 4.89 Å². The molecular weight excluding hydrogens is 462 g/mol. The van der Waals surface area contributed by atoms with Crippen molar-refractivity contribution in [3.8, 4) is 5.75 Å². The Balaban J connectivity index is 1.37. The maximum absolute atomic E-state index is 12.6. The summed E-state index contributed by atoms with van der Waals surface area (Å²) in [6, 6.07) is 11.7. The lowest BCUT2D eigenvalue weighted by Gasteiger charge is -2.30. The molecule has 2 aliphatic heterocycles. The van der Waals surface area contributed by atoms with Crippen LogP contribution in [0, 0.1) is 5.92 Å². The number of benzene rings is 2. The first-order valence-corrected chi connectivity index (χ1v) is 12.3. The number of rotatable bonds is 6. The van der Waals surface area contributed by atoms with Gasteiger partial charge in [0, 0.05) is 40.9 Å². The van der Waals surface area contributed by atoms with Crippen molar-refractivity contribution in [2.24, 2.45) is 5.92 Å². The van der Waals surface area contributed by atoms with Gasteiger partial charge in [-0.1, -0.05) is 29.4 Å². The molecule has 8 heteroatoms. The molecule has 0 aromatic heterocycles. The van der Waals surface area contributed by atoms with Crippen molar-refractivity contribution < 1.29 is 24.1 Å². The normalized spacial score (nSPS) is 18.0. The Hall–Kier alpha value is -2.48. The third-order valence-electron chi connectivity index (χ3n) is 5.59. The molecule has 1 saturated heterocycles. The number of nitrogens with zero attached hydrogens (tertiary/aromatic N) is 1. The molecule has 0 spiro atoms. The lowest BCUT2D eigenvalue weighted by atomic mass is 9.98. The molecule has 2 aromatic carbocycles. The quantitative estimate of drug-likeness (QED) is 0.318. The Bertz CT molecular complexity index is 1060. The summed E-state index contributed by atoms with van der Waals surface area (Å²) in [7, 11) is 0. The largest absolute Gasteiger partial charge is 0.466 e. The Morgan fingerprint density at radius 1 is 1.27 bits per heavy atom. The van der Waals surface area contributed by atoms with Crippen LogP contribution >= 0.6 is 23.4 Å². The van der Waals surface area contributed by atoms with Crippen LogP contribution in [0.25, 0.3) is 6.08 Å². The SMILES string of the molecule is CCOC(=O)C1CCCN(C(=O)C=Cc2ccc(Sc3ccc4c(c3)CCOO4)c(Cl)c2)C1. The average molecular weight is 488 g/mol. The number of amides is 1. The monoisotopic (exact) mass is 487 g/mol. The van der Waals surface area contributed by atoms with Crippen LogP contribution in [0.2, 0.25) is 5.02 Å². The highest BCUT2D eigenvalue weighted by atomic mass is 35.5. The zero-order valence-electron chi connectivity index (χ0n) is 18.4. The number of hydrogen-bond donors (Lipinski definition) is 0. The highest BCUT2D eigenvalue weighted by molar-refractivity contribution is 7.99. The number of piperidine rings is 1. The first kappa shape index (κ1) is 23.7. The lowest BCUT2D eigenvalue weighted by Crippen LogP contribution is -2.42.